The first kappa shape index (κ1) is 31.3. The van der Waals surface area contributed by atoms with Gasteiger partial charge < -0.3 is 8.83 Å². The summed E-state index contributed by atoms with van der Waals surface area (Å²) in [5.74, 6) is -16.0. The average Bonchev–Trinajstić information content (AvgIpc) is 3.55. The summed E-state index contributed by atoms with van der Waals surface area (Å²) >= 11 is 0. The molecule has 8 heteroatoms. The van der Waals surface area contributed by atoms with Gasteiger partial charge in [-0.1, -0.05) is 102 Å². The fraction of sp³-hybridized carbons (Fsp3) is 0.486. The Kier molecular flexibility index (Phi) is 9.05. The summed E-state index contributed by atoms with van der Waals surface area (Å²) in [4.78, 5) is 0. The zero-order valence-electron chi connectivity index (χ0n) is 24.7. The molecule has 0 N–H and O–H groups in total. The van der Waals surface area contributed by atoms with E-state index in [0.29, 0.717) is 12.8 Å². The Balaban J connectivity index is 1.76. The van der Waals surface area contributed by atoms with Crippen molar-refractivity contribution in [3.63, 3.8) is 0 Å². The molecule has 2 aromatic heterocycles. The van der Waals surface area contributed by atoms with Gasteiger partial charge in [0.15, 0.2) is 0 Å². The van der Waals surface area contributed by atoms with E-state index in [-0.39, 0.29) is 57.4 Å². The Hall–Kier alpha value is -3.16. The highest BCUT2D eigenvalue weighted by atomic mass is 19.3. The summed E-state index contributed by atoms with van der Waals surface area (Å²) in [6, 6.07) is 12.4. The Labute approximate surface area is 248 Å². The van der Waals surface area contributed by atoms with Crippen molar-refractivity contribution in [2.24, 2.45) is 0 Å². The molecule has 0 spiro atoms. The van der Waals surface area contributed by atoms with Crippen molar-refractivity contribution < 1.29 is 35.2 Å². The number of furan rings is 2. The van der Waals surface area contributed by atoms with Crippen LogP contribution in [-0.2, 0) is 12.8 Å². The molecule has 2 heterocycles. The minimum absolute atomic E-state index is 0.0206. The van der Waals surface area contributed by atoms with E-state index in [4.69, 9.17) is 8.83 Å². The van der Waals surface area contributed by atoms with E-state index in [1.807, 2.05) is 0 Å². The number of aryl methyl sites for hydroxylation is 2. The summed E-state index contributed by atoms with van der Waals surface area (Å²) in [5.41, 5.74) is -3.07. The van der Waals surface area contributed by atoms with Crippen LogP contribution < -0.4 is 0 Å². The number of halogens is 6. The highest BCUT2D eigenvalue weighted by molar-refractivity contribution is 6.11. The van der Waals surface area contributed by atoms with Gasteiger partial charge in [-0.2, -0.15) is 26.3 Å². The van der Waals surface area contributed by atoms with Crippen molar-refractivity contribution in [3.05, 3.63) is 71.2 Å². The number of allylic oxidation sites excluding steroid dienone is 2. The molecule has 0 fully saturated rings. The second-order valence-electron chi connectivity index (χ2n) is 11.6. The number of alkyl halides is 6. The Morgan fingerprint density at radius 2 is 0.884 bits per heavy atom. The van der Waals surface area contributed by atoms with Crippen molar-refractivity contribution >= 4 is 33.1 Å². The van der Waals surface area contributed by atoms with Gasteiger partial charge in [0.2, 0.25) is 0 Å². The number of rotatable bonds is 14. The molecule has 0 bridgehead atoms. The fourth-order valence-corrected chi connectivity index (χ4v) is 6.26. The molecular formula is C35H38F6O2. The van der Waals surface area contributed by atoms with Crippen LogP contribution in [0, 0.1) is 0 Å². The van der Waals surface area contributed by atoms with Crippen LogP contribution in [0.3, 0.4) is 0 Å². The van der Waals surface area contributed by atoms with E-state index in [1.165, 1.54) is 24.3 Å². The van der Waals surface area contributed by atoms with Gasteiger partial charge in [-0.15, -0.1) is 0 Å². The first-order chi connectivity index (χ1) is 20.6. The predicted molar refractivity (Wildman–Crippen MR) is 159 cm³/mol. The molecule has 232 valence electrons. The Bertz CT molecular complexity index is 1480. The summed E-state index contributed by atoms with van der Waals surface area (Å²) < 4.78 is 107. The molecule has 0 saturated heterocycles. The molecule has 1 aliphatic rings. The SMILES string of the molecule is CCCCCCCc1oc2ccccc2c1C1=C(c2c(CCCCCCC)oc3ccccc23)C(F)(F)C(F)(F)C1(F)F. The van der Waals surface area contributed by atoms with Crippen molar-refractivity contribution in [3.8, 4) is 0 Å². The molecule has 0 atom stereocenters. The molecule has 0 radical (unpaired) electrons. The van der Waals surface area contributed by atoms with Crippen molar-refractivity contribution in [2.75, 3.05) is 0 Å². The second kappa shape index (κ2) is 12.4. The molecule has 0 unspecified atom stereocenters. The number of fused-ring (bicyclic) bond motifs is 2. The average molecular weight is 605 g/mol. The van der Waals surface area contributed by atoms with Gasteiger partial charge >= 0.3 is 17.8 Å². The van der Waals surface area contributed by atoms with E-state index >= 15 is 26.3 Å². The van der Waals surface area contributed by atoms with Crippen molar-refractivity contribution in [2.45, 2.75) is 109 Å². The summed E-state index contributed by atoms with van der Waals surface area (Å²) in [6.07, 6.45) is 8.77. The van der Waals surface area contributed by atoms with Gasteiger partial charge in [-0.3, -0.25) is 0 Å². The summed E-state index contributed by atoms with van der Waals surface area (Å²) in [6.45, 7) is 4.12. The maximum absolute atomic E-state index is 16.0. The van der Waals surface area contributed by atoms with Crippen LogP contribution in [0.4, 0.5) is 26.3 Å². The highest BCUT2D eigenvalue weighted by Gasteiger charge is 2.81. The lowest BCUT2D eigenvalue weighted by Crippen LogP contribution is -2.49. The first-order valence-electron chi connectivity index (χ1n) is 15.5. The third kappa shape index (κ3) is 5.40. The van der Waals surface area contributed by atoms with Crippen LogP contribution in [0.25, 0.3) is 33.1 Å². The van der Waals surface area contributed by atoms with Gasteiger partial charge in [0.25, 0.3) is 0 Å². The summed E-state index contributed by atoms with van der Waals surface area (Å²) in [5, 5.41) is 0.223. The van der Waals surface area contributed by atoms with Crippen LogP contribution in [-0.4, -0.2) is 17.8 Å². The molecule has 2 aromatic carbocycles. The second-order valence-corrected chi connectivity index (χ2v) is 11.6. The van der Waals surface area contributed by atoms with E-state index in [1.54, 1.807) is 24.3 Å². The molecule has 0 saturated carbocycles. The van der Waals surface area contributed by atoms with Gasteiger partial charge in [-0.05, 0) is 25.0 Å². The Morgan fingerprint density at radius 1 is 0.512 bits per heavy atom. The fourth-order valence-electron chi connectivity index (χ4n) is 6.26. The lowest BCUT2D eigenvalue weighted by molar-refractivity contribution is -0.254. The highest BCUT2D eigenvalue weighted by Crippen LogP contribution is 2.66. The van der Waals surface area contributed by atoms with Crippen LogP contribution in [0.2, 0.25) is 0 Å². The van der Waals surface area contributed by atoms with Crippen LogP contribution in [0.5, 0.6) is 0 Å². The van der Waals surface area contributed by atoms with Gasteiger partial charge in [0, 0.05) is 45.9 Å². The van der Waals surface area contributed by atoms with E-state index in [0.717, 1.165) is 51.4 Å². The van der Waals surface area contributed by atoms with Crippen LogP contribution in [0.15, 0.2) is 57.4 Å². The zero-order chi connectivity index (χ0) is 30.8. The molecule has 0 amide bonds. The van der Waals surface area contributed by atoms with Gasteiger partial charge in [-0.25, -0.2) is 0 Å². The van der Waals surface area contributed by atoms with Gasteiger partial charge in [0.05, 0.1) is 0 Å². The molecule has 4 aromatic rings. The quantitative estimate of drug-likeness (QED) is 0.106. The van der Waals surface area contributed by atoms with Crippen molar-refractivity contribution in [1.82, 2.24) is 0 Å². The first-order valence-corrected chi connectivity index (χ1v) is 15.5. The van der Waals surface area contributed by atoms with Crippen LogP contribution in [0.1, 0.15) is 101 Å². The largest absolute Gasteiger partial charge is 0.460 e. The molecule has 0 aliphatic heterocycles. The zero-order valence-corrected chi connectivity index (χ0v) is 24.7. The van der Waals surface area contributed by atoms with E-state index in [2.05, 4.69) is 13.8 Å². The molecule has 43 heavy (non-hydrogen) atoms. The molecule has 1 aliphatic carbocycles. The monoisotopic (exact) mass is 604 g/mol. The number of hydrogen-bond donors (Lipinski definition) is 0. The van der Waals surface area contributed by atoms with E-state index in [9.17, 15) is 0 Å². The van der Waals surface area contributed by atoms with E-state index < -0.39 is 28.9 Å². The lowest BCUT2D eigenvalue weighted by atomic mass is 9.89. The number of benzene rings is 2. The Morgan fingerprint density at radius 3 is 1.28 bits per heavy atom. The van der Waals surface area contributed by atoms with Gasteiger partial charge in [0.1, 0.15) is 22.7 Å². The maximum atomic E-state index is 16.0. The standard InChI is InChI=1S/C35H38F6O2/c1-3-5-7-9-11-21-27-29(23-17-13-15-19-25(23)42-27)31-32(34(38,39)35(40,41)33(31,36)37)30-24-18-14-16-20-26(24)43-28(30)22-12-10-8-6-4-2/h13-20H,3-12,21-22H2,1-2H3. The number of hydrogen-bond acceptors (Lipinski definition) is 2. The summed E-state index contributed by atoms with van der Waals surface area (Å²) in [7, 11) is 0. The number of unbranched alkanes of at least 4 members (excludes halogenated alkanes) is 8. The smallest absolute Gasteiger partial charge is 0.380 e. The molecular weight excluding hydrogens is 566 g/mol. The molecule has 5 rings (SSSR count). The number of para-hydroxylation sites is 2. The topological polar surface area (TPSA) is 26.3 Å². The maximum Gasteiger partial charge on any atom is 0.380 e. The minimum atomic E-state index is -5.67. The third-order valence-electron chi connectivity index (χ3n) is 8.52. The molecule has 2 nitrogen and oxygen atoms in total. The normalized spacial score (nSPS) is 17.5. The van der Waals surface area contributed by atoms with Crippen LogP contribution >= 0.6 is 0 Å². The third-order valence-corrected chi connectivity index (χ3v) is 8.52. The minimum Gasteiger partial charge on any atom is -0.460 e. The van der Waals surface area contributed by atoms with Crippen molar-refractivity contribution in [1.29, 1.82) is 0 Å². The lowest BCUT2D eigenvalue weighted by Gasteiger charge is -2.26. The predicted octanol–water partition coefficient (Wildman–Crippen LogP) is 12.0.